The van der Waals surface area contributed by atoms with Gasteiger partial charge in [-0.05, 0) is 30.3 Å². The second-order valence-corrected chi connectivity index (χ2v) is 3.99. The number of rotatable bonds is 2. The van der Waals surface area contributed by atoms with Gasteiger partial charge in [0.15, 0.2) is 0 Å². The number of hydrogen-bond acceptors (Lipinski definition) is 1. The highest BCUT2D eigenvalue weighted by Crippen LogP contribution is 2.50. The number of carbonyl (C=O) groups excluding carboxylic acids is 1. The van der Waals surface area contributed by atoms with Crippen molar-refractivity contribution in [2.24, 2.45) is 17.8 Å². The van der Waals surface area contributed by atoms with E-state index < -0.39 is 0 Å². The van der Waals surface area contributed by atoms with Crippen LogP contribution in [0.5, 0.6) is 0 Å². The van der Waals surface area contributed by atoms with Crippen molar-refractivity contribution in [3.05, 3.63) is 23.8 Å². The van der Waals surface area contributed by atoms with E-state index >= 15 is 0 Å². The largest absolute Gasteiger partial charge is 0.300 e. The van der Waals surface area contributed by atoms with Gasteiger partial charge in [0.25, 0.3) is 0 Å². The molecule has 0 amide bonds. The fourth-order valence-electron chi connectivity index (χ4n) is 2.04. The van der Waals surface area contributed by atoms with Gasteiger partial charge in [-0.25, -0.2) is 0 Å². The van der Waals surface area contributed by atoms with Crippen LogP contribution in [0.3, 0.4) is 0 Å². The van der Waals surface area contributed by atoms with E-state index in [0.29, 0.717) is 6.42 Å². The van der Waals surface area contributed by atoms with Crippen LogP contribution >= 0.6 is 0 Å². The summed E-state index contributed by atoms with van der Waals surface area (Å²) in [6.07, 6.45) is 7.27. The van der Waals surface area contributed by atoms with Crippen LogP contribution in [0.4, 0.5) is 0 Å². The van der Waals surface area contributed by atoms with Crippen LogP contribution in [0.15, 0.2) is 23.8 Å². The van der Waals surface area contributed by atoms with Crippen LogP contribution in [0.1, 0.15) is 20.3 Å². The molecule has 0 N–H and O–H groups in total. The van der Waals surface area contributed by atoms with Gasteiger partial charge in [0.2, 0.25) is 0 Å². The molecule has 64 valence electrons. The quantitative estimate of drug-likeness (QED) is 0.609. The molecule has 0 aromatic heterocycles. The standard InChI is InChI=1S/C11H14O/c1-7(12)5-9-3-4-10-8(2)11(10)6-9/h3-4,6,8,10-11H,5H2,1-2H3. The second kappa shape index (κ2) is 2.58. The highest BCUT2D eigenvalue weighted by atomic mass is 16.1. The number of Topliss-reactive ketones (excluding diaryl/α,β-unsaturated/α-hetero) is 1. The van der Waals surface area contributed by atoms with E-state index in [1.54, 1.807) is 6.92 Å². The molecule has 0 saturated heterocycles. The predicted octanol–water partition coefficient (Wildman–Crippen LogP) is 2.34. The molecule has 3 unspecified atom stereocenters. The summed E-state index contributed by atoms with van der Waals surface area (Å²) in [4.78, 5) is 10.8. The molecule has 0 bridgehead atoms. The number of hydrogen-bond donors (Lipinski definition) is 0. The lowest BCUT2D eigenvalue weighted by molar-refractivity contribution is -0.116. The van der Waals surface area contributed by atoms with Crippen molar-refractivity contribution in [3.8, 4) is 0 Å². The van der Waals surface area contributed by atoms with Gasteiger partial charge < -0.3 is 0 Å². The number of carbonyl (C=O) groups is 1. The van der Waals surface area contributed by atoms with E-state index in [2.05, 4.69) is 25.2 Å². The summed E-state index contributed by atoms with van der Waals surface area (Å²) in [5, 5.41) is 0. The summed E-state index contributed by atoms with van der Waals surface area (Å²) in [5.74, 6) is 2.59. The average molecular weight is 162 g/mol. The molecule has 1 saturated carbocycles. The Morgan fingerprint density at radius 1 is 1.50 bits per heavy atom. The Balaban J connectivity index is 2.05. The summed E-state index contributed by atoms with van der Waals surface area (Å²) in [6, 6.07) is 0. The molecule has 0 spiro atoms. The Labute approximate surface area is 73.2 Å². The van der Waals surface area contributed by atoms with Gasteiger partial charge in [0.1, 0.15) is 5.78 Å². The first kappa shape index (κ1) is 7.78. The highest BCUT2D eigenvalue weighted by Gasteiger charge is 2.44. The monoisotopic (exact) mass is 162 g/mol. The maximum Gasteiger partial charge on any atom is 0.134 e. The van der Waals surface area contributed by atoms with Crippen molar-refractivity contribution in [3.63, 3.8) is 0 Å². The Hall–Kier alpha value is -0.850. The fraction of sp³-hybridized carbons (Fsp3) is 0.545. The zero-order valence-electron chi connectivity index (χ0n) is 7.58. The van der Waals surface area contributed by atoms with E-state index in [4.69, 9.17) is 0 Å². The molecule has 1 nitrogen and oxygen atoms in total. The molecule has 2 aliphatic rings. The lowest BCUT2D eigenvalue weighted by atomic mass is 10.0. The number of ketones is 1. The molecular formula is C11H14O. The van der Waals surface area contributed by atoms with Gasteiger partial charge in [0.05, 0.1) is 0 Å². The lowest BCUT2D eigenvalue weighted by Gasteiger charge is -2.02. The van der Waals surface area contributed by atoms with Crippen LogP contribution in [0.2, 0.25) is 0 Å². The van der Waals surface area contributed by atoms with Crippen LogP contribution < -0.4 is 0 Å². The minimum Gasteiger partial charge on any atom is -0.300 e. The third-order valence-electron chi connectivity index (χ3n) is 2.91. The van der Waals surface area contributed by atoms with Crippen molar-refractivity contribution in [1.29, 1.82) is 0 Å². The van der Waals surface area contributed by atoms with Gasteiger partial charge in [-0.1, -0.05) is 25.2 Å². The maximum atomic E-state index is 10.8. The normalized spacial score (nSPS) is 37.2. The van der Waals surface area contributed by atoms with Crippen LogP contribution in [0, 0.1) is 17.8 Å². The molecule has 0 aliphatic heterocycles. The van der Waals surface area contributed by atoms with Crippen LogP contribution in [0.25, 0.3) is 0 Å². The molecule has 1 fully saturated rings. The van der Waals surface area contributed by atoms with Gasteiger partial charge in [-0.2, -0.15) is 0 Å². The molecular weight excluding hydrogens is 148 g/mol. The molecule has 0 aromatic rings. The summed E-state index contributed by atoms with van der Waals surface area (Å²) in [6.45, 7) is 3.92. The predicted molar refractivity (Wildman–Crippen MR) is 48.7 cm³/mol. The summed E-state index contributed by atoms with van der Waals surface area (Å²) >= 11 is 0. The third kappa shape index (κ3) is 1.24. The van der Waals surface area contributed by atoms with E-state index in [0.717, 1.165) is 17.8 Å². The molecule has 3 atom stereocenters. The maximum absolute atomic E-state index is 10.8. The number of fused-ring (bicyclic) bond motifs is 1. The lowest BCUT2D eigenvalue weighted by Crippen LogP contribution is -1.94. The molecule has 2 rings (SSSR count). The molecule has 2 aliphatic carbocycles. The van der Waals surface area contributed by atoms with Crippen molar-refractivity contribution in [2.75, 3.05) is 0 Å². The zero-order valence-corrected chi connectivity index (χ0v) is 7.58. The average Bonchev–Trinajstić information content (AvgIpc) is 2.61. The van der Waals surface area contributed by atoms with Crippen molar-refractivity contribution < 1.29 is 4.79 Å². The summed E-state index contributed by atoms with van der Waals surface area (Å²) in [5.41, 5.74) is 1.22. The Bertz CT molecular complexity index is 273. The Morgan fingerprint density at radius 2 is 2.25 bits per heavy atom. The van der Waals surface area contributed by atoms with Gasteiger partial charge in [-0.3, -0.25) is 4.79 Å². The fourth-order valence-corrected chi connectivity index (χ4v) is 2.04. The van der Waals surface area contributed by atoms with Crippen LogP contribution in [-0.4, -0.2) is 5.78 Å². The summed E-state index contributed by atoms with van der Waals surface area (Å²) < 4.78 is 0. The molecule has 0 heterocycles. The first-order chi connectivity index (χ1) is 5.68. The van der Waals surface area contributed by atoms with E-state index in [1.807, 2.05) is 0 Å². The van der Waals surface area contributed by atoms with Gasteiger partial charge in [-0.15, -0.1) is 0 Å². The molecule has 0 radical (unpaired) electrons. The van der Waals surface area contributed by atoms with Gasteiger partial charge in [0, 0.05) is 6.42 Å². The smallest absolute Gasteiger partial charge is 0.134 e. The van der Waals surface area contributed by atoms with Gasteiger partial charge >= 0.3 is 0 Å². The third-order valence-corrected chi connectivity index (χ3v) is 2.91. The van der Waals surface area contributed by atoms with E-state index in [9.17, 15) is 4.79 Å². The minimum absolute atomic E-state index is 0.262. The first-order valence-corrected chi connectivity index (χ1v) is 4.57. The topological polar surface area (TPSA) is 17.1 Å². The first-order valence-electron chi connectivity index (χ1n) is 4.57. The second-order valence-electron chi connectivity index (χ2n) is 3.99. The van der Waals surface area contributed by atoms with Crippen molar-refractivity contribution >= 4 is 5.78 Å². The molecule has 0 aromatic carbocycles. The van der Waals surface area contributed by atoms with E-state index in [-0.39, 0.29) is 5.78 Å². The van der Waals surface area contributed by atoms with Crippen LogP contribution in [-0.2, 0) is 4.79 Å². The summed E-state index contributed by atoms with van der Waals surface area (Å²) in [7, 11) is 0. The molecule has 1 heteroatoms. The SMILES string of the molecule is CC(=O)CC1=CC2C(C)C2C=C1. The van der Waals surface area contributed by atoms with E-state index in [1.165, 1.54) is 5.57 Å². The minimum atomic E-state index is 0.262. The zero-order chi connectivity index (χ0) is 8.72. The highest BCUT2D eigenvalue weighted by molar-refractivity contribution is 5.79. The van der Waals surface area contributed by atoms with Crippen molar-refractivity contribution in [1.82, 2.24) is 0 Å². The Kier molecular flexibility index (Phi) is 1.67. The number of allylic oxidation sites excluding steroid dienone is 4. The van der Waals surface area contributed by atoms with Crippen molar-refractivity contribution in [2.45, 2.75) is 20.3 Å². The molecule has 12 heavy (non-hydrogen) atoms. The Morgan fingerprint density at radius 3 is 2.83 bits per heavy atom.